The van der Waals surface area contributed by atoms with E-state index in [-0.39, 0.29) is 11.9 Å². The van der Waals surface area contributed by atoms with E-state index in [4.69, 9.17) is 27.9 Å². The number of carbonyl (C=O) groups excluding carboxylic acids is 1. The van der Waals surface area contributed by atoms with Gasteiger partial charge in [0.05, 0.1) is 12.6 Å². The molecule has 0 radical (unpaired) electrons. The zero-order chi connectivity index (χ0) is 17.1. The number of rotatable bonds is 3. The number of ether oxygens (including phenoxy) is 1. The second-order valence-electron chi connectivity index (χ2n) is 5.74. The summed E-state index contributed by atoms with van der Waals surface area (Å²) in [5, 5.41) is 4.11. The van der Waals surface area contributed by atoms with Gasteiger partial charge in [-0.3, -0.25) is 4.79 Å². The van der Waals surface area contributed by atoms with Crippen molar-refractivity contribution < 1.29 is 9.53 Å². The molecule has 124 valence electrons. The lowest BCUT2D eigenvalue weighted by Gasteiger charge is -2.26. The number of fused-ring (bicyclic) bond motifs is 1. The molecule has 0 saturated carbocycles. The van der Waals surface area contributed by atoms with Gasteiger partial charge in [-0.05, 0) is 36.8 Å². The Bertz CT molecular complexity index is 802. The van der Waals surface area contributed by atoms with Crippen LogP contribution < -0.4 is 10.1 Å². The lowest BCUT2D eigenvalue weighted by Crippen LogP contribution is -2.31. The van der Waals surface area contributed by atoms with Gasteiger partial charge in [-0.15, -0.1) is 0 Å². The van der Waals surface area contributed by atoms with Crippen LogP contribution in [0.1, 0.15) is 29.2 Å². The first-order valence-corrected chi connectivity index (χ1v) is 8.45. The molecule has 5 heteroatoms. The van der Waals surface area contributed by atoms with E-state index in [9.17, 15) is 4.79 Å². The van der Waals surface area contributed by atoms with Gasteiger partial charge in [0.15, 0.2) is 0 Å². The monoisotopic (exact) mass is 361 g/mol. The number of amides is 1. The molecule has 1 atom stereocenters. The Labute approximate surface area is 151 Å². The Balaban J connectivity index is 1.72. The summed E-state index contributed by atoms with van der Waals surface area (Å²) in [5.41, 5.74) is 2.91. The van der Waals surface area contributed by atoms with Crippen LogP contribution >= 0.6 is 23.2 Å². The molecule has 3 nitrogen and oxygen atoms in total. The number of hydrogen-bond donors (Lipinski definition) is 1. The molecule has 0 spiro atoms. The SMILES string of the molecule is Cc1ccc2c(c1)C(NC(=O)/C=C/c1ccc(Cl)cc1Cl)CCO2. The fourth-order valence-corrected chi connectivity index (χ4v) is 3.16. The predicted molar refractivity (Wildman–Crippen MR) is 97.7 cm³/mol. The number of aryl methyl sites for hydroxylation is 1. The summed E-state index contributed by atoms with van der Waals surface area (Å²) >= 11 is 12.0. The van der Waals surface area contributed by atoms with Gasteiger partial charge in [0.1, 0.15) is 5.75 Å². The van der Waals surface area contributed by atoms with Crippen molar-refractivity contribution in [3.63, 3.8) is 0 Å². The van der Waals surface area contributed by atoms with Gasteiger partial charge < -0.3 is 10.1 Å². The molecule has 1 heterocycles. The van der Waals surface area contributed by atoms with Crippen molar-refractivity contribution in [1.29, 1.82) is 0 Å². The van der Waals surface area contributed by atoms with Crippen molar-refractivity contribution in [3.8, 4) is 5.75 Å². The Morgan fingerprint density at radius 2 is 2.08 bits per heavy atom. The van der Waals surface area contributed by atoms with Gasteiger partial charge in [-0.25, -0.2) is 0 Å². The van der Waals surface area contributed by atoms with Crippen LogP contribution in [0.3, 0.4) is 0 Å². The fraction of sp³-hybridized carbons (Fsp3) is 0.211. The van der Waals surface area contributed by atoms with Gasteiger partial charge in [-0.1, -0.05) is 47.0 Å². The third kappa shape index (κ3) is 3.92. The number of nitrogens with one attached hydrogen (secondary N) is 1. The zero-order valence-corrected chi connectivity index (χ0v) is 14.7. The summed E-state index contributed by atoms with van der Waals surface area (Å²) < 4.78 is 5.65. The van der Waals surface area contributed by atoms with Crippen LogP contribution in [0.2, 0.25) is 10.0 Å². The Hall–Kier alpha value is -1.97. The normalized spacial score (nSPS) is 16.5. The number of carbonyl (C=O) groups is 1. The maximum atomic E-state index is 12.2. The standard InChI is InChI=1S/C19H17Cl2NO2/c1-12-2-6-18-15(10-12)17(8-9-24-18)22-19(23)7-4-13-3-5-14(20)11-16(13)21/h2-7,10-11,17H,8-9H2,1H3,(H,22,23)/b7-4+. The molecule has 0 fully saturated rings. The minimum absolute atomic E-state index is 0.0495. The molecule has 0 saturated heterocycles. The van der Waals surface area contributed by atoms with Gasteiger partial charge in [0.2, 0.25) is 5.91 Å². The van der Waals surface area contributed by atoms with Crippen LogP contribution in [0.5, 0.6) is 5.75 Å². The molecule has 0 aromatic heterocycles. The van der Waals surface area contributed by atoms with E-state index in [1.807, 2.05) is 19.1 Å². The lowest BCUT2D eigenvalue weighted by molar-refractivity contribution is -0.117. The van der Waals surface area contributed by atoms with E-state index in [1.165, 1.54) is 6.08 Å². The summed E-state index contributed by atoms with van der Waals surface area (Å²) in [6, 6.07) is 11.1. The summed E-state index contributed by atoms with van der Waals surface area (Å²) in [6.07, 6.45) is 3.92. The molecule has 1 unspecified atom stereocenters. The lowest BCUT2D eigenvalue weighted by atomic mass is 9.98. The molecular formula is C19H17Cl2NO2. The smallest absolute Gasteiger partial charge is 0.244 e. The maximum Gasteiger partial charge on any atom is 0.244 e. The van der Waals surface area contributed by atoms with Gasteiger partial charge in [0, 0.05) is 28.1 Å². The first-order valence-electron chi connectivity index (χ1n) is 7.70. The Kier molecular flexibility index (Phi) is 5.12. The minimum Gasteiger partial charge on any atom is -0.493 e. The number of hydrogen-bond acceptors (Lipinski definition) is 2. The summed E-state index contributed by atoms with van der Waals surface area (Å²) in [5.74, 6) is 0.669. The molecule has 1 N–H and O–H groups in total. The van der Waals surface area contributed by atoms with Crippen molar-refractivity contribution in [3.05, 3.63) is 69.2 Å². The summed E-state index contributed by atoms with van der Waals surface area (Å²) in [4.78, 5) is 12.2. The highest BCUT2D eigenvalue weighted by molar-refractivity contribution is 6.35. The zero-order valence-electron chi connectivity index (χ0n) is 13.2. The van der Waals surface area contributed by atoms with Crippen LogP contribution in [-0.2, 0) is 4.79 Å². The topological polar surface area (TPSA) is 38.3 Å². The Morgan fingerprint density at radius 3 is 2.88 bits per heavy atom. The Morgan fingerprint density at radius 1 is 1.25 bits per heavy atom. The van der Waals surface area contributed by atoms with Gasteiger partial charge in [-0.2, -0.15) is 0 Å². The van der Waals surface area contributed by atoms with E-state index >= 15 is 0 Å². The van der Waals surface area contributed by atoms with Crippen LogP contribution in [0.4, 0.5) is 0 Å². The molecule has 2 aromatic carbocycles. The summed E-state index contributed by atoms with van der Waals surface area (Å²) in [7, 11) is 0. The van der Waals surface area contributed by atoms with E-state index in [0.29, 0.717) is 16.7 Å². The predicted octanol–water partition coefficient (Wildman–Crippen LogP) is 4.96. The van der Waals surface area contributed by atoms with Crippen molar-refractivity contribution >= 4 is 35.2 Å². The first kappa shape index (κ1) is 16.9. The van der Waals surface area contributed by atoms with Crippen molar-refractivity contribution in [2.24, 2.45) is 0 Å². The minimum atomic E-state index is -0.166. The number of halogens is 2. The quantitative estimate of drug-likeness (QED) is 0.785. The molecule has 1 aliphatic heterocycles. The van der Waals surface area contributed by atoms with Crippen molar-refractivity contribution in [2.45, 2.75) is 19.4 Å². The molecule has 3 rings (SSSR count). The van der Waals surface area contributed by atoms with Crippen LogP contribution in [0.15, 0.2) is 42.5 Å². The molecule has 1 amide bonds. The van der Waals surface area contributed by atoms with Crippen LogP contribution in [0.25, 0.3) is 6.08 Å². The first-order chi connectivity index (χ1) is 11.5. The highest BCUT2D eigenvalue weighted by Crippen LogP contribution is 2.32. The van der Waals surface area contributed by atoms with E-state index in [1.54, 1.807) is 24.3 Å². The van der Waals surface area contributed by atoms with Crippen LogP contribution in [-0.4, -0.2) is 12.5 Å². The van der Waals surface area contributed by atoms with Crippen LogP contribution in [0, 0.1) is 6.92 Å². The van der Waals surface area contributed by atoms with E-state index in [0.717, 1.165) is 28.9 Å². The summed E-state index contributed by atoms with van der Waals surface area (Å²) in [6.45, 7) is 2.62. The highest BCUT2D eigenvalue weighted by atomic mass is 35.5. The molecule has 0 bridgehead atoms. The molecule has 2 aromatic rings. The largest absolute Gasteiger partial charge is 0.493 e. The second kappa shape index (κ2) is 7.29. The van der Waals surface area contributed by atoms with E-state index in [2.05, 4.69) is 11.4 Å². The average Bonchev–Trinajstić information content (AvgIpc) is 2.54. The van der Waals surface area contributed by atoms with Crippen molar-refractivity contribution in [2.75, 3.05) is 6.61 Å². The maximum absolute atomic E-state index is 12.2. The number of benzene rings is 2. The fourth-order valence-electron chi connectivity index (χ4n) is 2.69. The average molecular weight is 362 g/mol. The third-order valence-corrected chi connectivity index (χ3v) is 4.46. The molecular weight excluding hydrogens is 345 g/mol. The third-order valence-electron chi connectivity index (χ3n) is 3.90. The van der Waals surface area contributed by atoms with Crippen molar-refractivity contribution in [1.82, 2.24) is 5.32 Å². The highest BCUT2D eigenvalue weighted by Gasteiger charge is 2.22. The van der Waals surface area contributed by atoms with Gasteiger partial charge in [0.25, 0.3) is 0 Å². The van der Waals surface area contributed by atoms with Gasteiger partial charge >= 0.3 is 0 Å². The molecule has 24 heavy (non-hydrogen) atoms. The van der Waals surface area contributed by atoms with E-state index < -0.39 is 0 Å². The second-order valence-corrected chi connectivity index (χ2v) is 6.58. The molecule has 1 aliphatic rings. The molecule has 0 aliphatic carbocycles.